The molecule has 2 heterocycles. The van der Waals surface area contributed by atoms with Gasteiger partial charge in [-0.15, -0.1) is 0 Å². The van der Waals surface area contributed by atoms with Gasteiger partial charge in [0.15, 0.2) is 0 Å². The Balaban J connectivity index is 1.57. The molecule has 178 valence electrons. The van der Waals surface area contributed by atoms with Crippen LogP contribution in [0.15, 0.2) is 78.4 Å². The Morgan fingerprint density at radius 2 is 1.74 bits per heavy atom. The highest BCUT2D eigenvalue weighted by Crippen LogP contribution is 2.40. The smallest absolute Gasteiger partial charge is 0.295 e. The first-order valence-electron chi connectivity index (χ1n) is 12.2. The largest absolute Gasteiger partial charge is 0.507 e. The Labute approximate surface area is 205 Å². The number of nitrogens with zero attached hydrogens (tertiary/aromatic N) is 1. The average Bonchev–Trinajstić information content (AvgIpc) is 3.38. The lowest BCUT2D eigenvalue weighted by atomic mass is 9.93. The van der Waals surface area contributed by atoms with Crippen LogP contribution in [-0.2, 0) is 28.9 Å². The summed E-state index contributed by atoms with van der Waals surface area (Å²) in [5.41, 5.74) is 4.72. The summed E-state index contributed by atoms with van der Waals surface area (Å²) in [4.78, 5) is 28.1. The van der Waals surface area contributed by atoms with Crippen molar-refractivity contribution in [2.24, 2.45) is 0 Å². The molecule has 0 radical (unpaired) electrons. The molecule has 1 N–H and O–H groups in total. The number of aliphatic hydroxyl groups is 1. The van der Waals surface area contributed by atoms with Gasteiger partial charge < -0.3 is 14.7 Å². The summed E-state index contributed by atoms with van der Waals surface area (Å²) in [6.45, 7) is 4.46. The van der Waals surface area contributed by atoms with E-state index in [4.69, 9.17) is 4.74 Å². The molecule has 2 aliphatic rings. The van der Waals surface area contributed by atoms with Crippen LogP contribution in [0.5, 0.6) is 5.75 Å². The van der Waals surface area contributed by atoms with Crippen LogP contribution in [0, 0.1) is 0 Å². The van der Waals surface area contributed by atoms with Crippen LogP contribution in [0.3, 0.4) is 0 Å². The van der Waals surface area contributed by atoms with E-state index in [1.165, 1.54) is 5.56 Å². The van der Waals surface area contributed by atoms with E-state index >= 15 is 0 Å². The zero-order chi connectivity index (χ0) is 24.5. The van der Waals surface area contributed by atoms with E-state index in [0.717, 1.165) is 35.3 Å². The summed E-state index contributed by atoms with van der Waals surface area (Å²) in [7, 11) is 0. The minimum Gasteiger partial charge on any atom is -0.507 e. The number of carbonyl (C=O) groups is 2. The van der Waals surface area contributed by atoms with Crippen LogP contribution in [0.2, 0.25) is 0 Å². The number of aryl methyl sites for hydroxylation is 1. The molecule has 0 bridgehead atoms. The van der Waals surface area contributed by atoms with Crippen LogP contribution >= 0.6 is 0 Å². The molecule has 1 fully saturated rings. The van der Waals surface area contributed by atoms with Crippen molar-refractivity contribution in [1.29, 1.82) is 0 Å². The summed E-state index contributed by atoms with van der Waals surface area (Å²) in [6, 6.07) is 22.6. The van der Waals surface area contributed by atoms with Crippen LogP contribution in [0.4, 0.5) is 0 Å². The third-order valence-corrected chi connectivity index (χ3v) is 6.90. The van der Waals surface area contributed by atoms with Gasteiger partial charge in [0, 0.05) is 18.5 Å². The molecule has 0 saturated carbocycles. The molecule has 0 unspecified atom stereocenters. The van der Waals surface area contributed by atoms with Gasteiger partial charge in [-0.05, 0) is 60.2 Å². The van der Waals surface area contributed by atoms with E-state index in [1.54, 1.807) is 11.0 Å². The molecule has 35 heavy (non-hydrogen) atoms. The Hall–Kier alpha value is -3.86. The zero-order valence-electron chi connectivity index (χ0n) is 20.0. The molecule has 5 rings (SSSR count). The molecule has 2 aliphatic heterocycles. The van der Waals surface area contributed by atoms with Crippen LogP contribution in [0.1, 0.15) is 47.7 Å². The fourth-order valence-electron chi connectivity index (χ4n) is 5.01. The lowest BCUT2D eigenvalue weighted by Gasteiger charge is -2.25. The first-order valence-corrected chi connectivity index (χ1v) is 12.2. The summed E-state index contributed by atoms with van der Waals surface area (Å²) in [5, 5.41) is 11.4. The second-order valence-corrected chi connectivity index (χ2v) is 9.28. The van der Waals surface area contributed by atoms with Crippen molar-refractivity contribution < 1.29 is 19.4 Å². The minimum absolute atomic E-state index is 0.0723. The number of benzene rings is 3. The lowest BCUT2D eigenvalue weighted by Crippen LogP contribution is -2.31. The summed E-state index contributed by atoms with van der Waals surface area (Å²) in [5.74, 6) is -0.572. The maximum atomic E-state index is 13.3. The van der Waals surface area contributed by atoms with E-state index < -0.39 is 17.7 Å². The molecular weight excluding hydrogens is 438 g/mol. The predicted octanol–water partition coefficient (Wildman–Crippen LogP) is 5.24. The number of aliphatic hydroxyl groups excluding tert-OH is 1. The number of fused-ring (bicyclic) bond motifs is 1. The van der Waals surface area contributed by atoms with E-state index in [-0.39, 0.29) is 17.4 Å². The molecule has 3 aromatic rings. The van der Waals surface area contributed by atoms with Crippen molar-refractivity contribution in [2.45, 2.75) is 45.3 Å². The molecule has 0 spiro atoms. The van der Waals surface area contributed by atoms with Crippen LogP contribution < -0.4 is 4.74 Å². The first kappa shape index (κ1) is 22.9. The SMILES string of the molecule is CCc1ccc([C@H]2C(=C(O)c3ccc4c(c3)C[C@@H](C)O4)C(=O)C(=O)N2CCc2ccccc2)cc1. The van der Waals surface area contributed by atoms with Gasteiger partial charge in [-0.1, -0.05) is 61.5 Å². The van der Waals surface area contributed by atoms with Gasteiger partial charge in [-0.3, -0.25) is 9.59 Å². The Bertz CT molecular complexity index is 1290. The molecule has 2 atom stereocenters. The molecule has 1 amide bonds. The quantitative estimate of drug-likeness (QED) is 0.306. The molecule has 5 nitrogen and oxygen atoms in total. The molecule has 3 aromatic carbocycles. The van der Waals surface area contributed by atoms with Gasteiger partial charge in [0.1, 0.15) is 17.6 Å². The number of Topliss-reactive ketones (excluding diaryl/α,β-unsaturated/α-hetero) is 1. The number of amides is 1. The van der Waals surface area contributed by atoms with Crippen molar-refractivity contribution in [3.8, 4) is 5.75 Å². The van der Waals surface area contributed by atoms with Gasteiger partial charge in [-0.25, -0.2) is 0 Å². The average molecular weight is 468 g/mol. The molecule has 5 heteroatoms. The number of hydrogen-bond acceptors (Lipinski definition) is 4. The fourth-order valence-corrected chi connectivity index (χ4v) is 5.01. The Morgan fingerprint density at radius 3 is 2.46 bits per heavy atom. The number of rotatable bonds is 6. The number of likely N-dealkylation sites (tertiary alicyclic amines) is 1. The van der Waals surface area contributed by atoms with Crippen LogP contribution in [0.25, 0.3) is 5.76 Å². The predicted molar refractivity (Wildman–Crippen MR) is 135 cm³/mol. The highest BCUT2D eigenvalue weighted by Gasteiger charge is 2.45. The fraction of sp³-hybridized carbons (Fsp3) is 0.267. The van der Waals surface area contributed by atoms with Gasteiger partial charge in [-0.2, -0.15) is 0 Å². The number of hydrogen-bond donors (Lipinski definition) is 1. The molecule has 0 aromatic heterocycles. The van der Waals surface area contributed by atoms with Gasteiger partial charge >= 0.3 is 0 Å². The van der Waals surface area contributed by atoms with Gasteiger partial charge in [0.05, 0.1) is 11.6 Å². The second-order valence-electron chi connectivity index (χ2n) is 9.28. The zero-order valence-corrected chi connectivity index (χ0v) is 20.0. The third-order valence-electron chi connectivity index (χ3n) is 6.90. The lowest BCUT2D eigenvalue weighted by molar-refractivity contribution is -0.139. The summed E-state index contributed by atoms with van der Waals surface area (Å²) < 4.78 is 5.78. The van der Waals surface area contributed by atoms with Crippen molar-refractivity contribution in [1.82, 2.24) is 4.90 Å². The summed E-state index contributed by atoms with van der Waals surface area (Å²) in [6.07, 6.45) is 2.32. The summed E-state index contributed by atoms with van der Waals surface area (Å²) >= 11 is 0. The number of ether oxygens (including phenoxy) is 1. The van der Waals surface area contributed by atoms with Gasteiger partial charge in [0.25, 0.3) is 11.7 Å². The standard InChI is InChI=1S/C30H29NO4/c1-3-20-9-11-22(12-10-20)27-26(28(32)23-13-14-25-24(18-23)17-19(2)35-25)29(33)30(34)31(27)16-15-21-7-5-4-6-8-21/h4-14,18-19,27,32H,3,15-17H2,1-2H3/t19-,27+/m1/s1. The first-order chi connectivity index (χ1) is 17.0. The monoisotopic (exact) mass is 467 g/mol. The van der Waals surface area contributed by atoms with Gasteiger partial charge in [0.2, 0.25) is 0 Å². The molecular formula is C30H29NO4. The Morgan fingerprint density at radius 1 is 1.00 bits per heavy atom. The van der Waals surface area contributed by atoms with Crippen molar-refractivity contribution >= 4 is 17.4 Å². The maximum Gasteiger partial charge on any atom is 0.295 e. The Kier molecular flexibility index (Phi) is 6.16. The molecule has 0 aliphatic carbocycles. The highest BCUT2D eigenvalue weighted by atomic mass is 16.5. The molecule has 1 saturated heterocycles. The van der Waals surface area contributed by atoms with E-state index in [1.807, 2.05) is 73.7 Å². The van der Waals surface area contributed by atoms with Crippen LogP contribution in [-0.4, -0.2) is 34.3 Å². The number of carbonyl (C=O) groups excluding carboxylic acids is 2. The minimum atomic E-state index is -0.648. The topological polar surface area (TPSA) is 66.8 Å². The second kappa shape index (κ2) is 9.41. The third kappa shape index (κ3) is 4.34. The number of ketones is 1. The van der Waals surface area contributed by atoms with E-state index in [0.29, 0.717) is 18.5 Å². The van der Waals surface area contributed by atoms with Crippen molar-refractivity contribution in [3.63, 3.8) is 0 Å². The van der Waals surface area contributed by atoms with Crippen molar-refractivity contribution in [3.05, 3.63) is 106 Å². The van der Waals surface area contributed by atoms with Crippen molar-refractivity contribution in [2.75, 3.05) is 6.54 Å². The maximum absolute atomic E-state index is 13.3. The van der Waals surface area contributed by atoms with E-state index in [9.17, 15) is 14.7 Å². The normalized spacial score (nSPS) is 20.7. The van der Waals surface area contributed by atoms with E-state index in [2.05, 4.69) is 6.92 Å². The highest BCUT2D eigenvalue weighted by molar-refractivity contribution is 6.46.